The molecule has 1 aromatic heterocycles. The second-order valence-electron chi connectivity index (χ2n) is 6.07. The molecule has 1 rings (SSSR count). The minimum atomic E-state index is -2.93. The van der Waals surface area contributed by atoms with E-state index < -0.39 is 9.84 Å². The molecule has 1 atom stereocenters. The summed E-state index contributed by atoms with van der Waals surface area (Å²) in [6.07, 6.45) is 5.57. The summed E-state index contributed by atoms with van der Waals surface area (Å²) < 4.78 is 22.5. The SMILES string of the molecule is CCNC(=NCCCCNc1ccccn1)NC(C)CCS(C)(=O)=O.I. The van der Waals surface area contributed by atoms with E-state index in [-0.39, 0.29) is 35.8 Å². The van der Waals surface area contributed by atoms with E-state index in [0.29, 0.717) is 6.42 Å². The quantitative estimate of drug-likeness (QED) is 0.188. The second kappa shape index (κ2) is 14.0. The Hall–Kier alpha value is -1.10. The normalized spacial score (nSPS) is 12.8. The lowest BCUT2D eigenvalue weighted by molar-refractivity contribution is 0.581. The number of aromatic nitrogens is 1. The number of rotatable bonds is 11. The van der Waals surface area contributed by atoms with Crippen molar-refractivity contribution < 1.29 is 8.42 Å². The number of nitrogens with zero attached hydrogens (tertiary/aromatic N) is 2. The van der Waals surface area contributed by atoms with E-state index >= 15 is 0 Å². The first-order valence-corrected chi connectivity index (χ1v) is 10.8. The fraction of sp³-hybridized carbons (Fsp3) is 0.647. The number of guanidine groups is 1. The van der Waals surface area contributed by atoms with Crippen LogP contribution in [0.1, 0.15) is 33.1 Å². The van der Waals surface area contributed by atoms with Crippen molar-refractivity contribution in [3.05, 3.63) is 24.4 Å². The zero-order valence-corrected chi connectivity index (χ0v) is 19.0. The number of anilines is 1. The van der Waals surface area contributed by atoms with Crippen molar-refractivity contribution in [1.82, 2.24) is 15.6 Å². The highest BCUT2D eigenvalue weighted by Gasteiger charge is 2.09. The van der Waals surface area contributed by atoms with Gasteiger partial charge < -0.3 is 16.0 Å². The van der Waals surface area contributed by atoms with E-state index in [0.717, 1.165) is 44.3 Å². The molecule has 3 N–H and O–H groups in total. The van der Waals surface area contributed by atoms with Crippen molar-refractivity contribution >= 4 is 45.6 Å². The number of halogens is 1. The third kappa shape index (κ3) is 13.2. The third-order valence-corrected chi connectivity index (χ3v) is 4.45. The molecular weight excluding hydrogens is 465 g/mol. The van der Waals surface area contributed by atoms with Gasteiger partial charge in [-0.15, -0.1) is 24.0 Å². The molecule has 0 aliphatic carbocycles. The van der Waals surface area contributed by atoms with Crippen molar-refractivity contribution in [2.45, 2.75) is 39.2 Å². The van der Waals surface area contributed by atoms with Crippen molar-refractivity contribution in [3.63, 3.8) is 0 Å². The van der Waals surface area contributed by atoms with Crippen LogP contribution >= 0.6 is 24.0 Å². The Balaban J connectivity index is 0.00000625. The first-order chi connectivity index (χ1) is 11.9. The van der Waals surface area contributed by atoms with Gasteiger partial charge in [0, 0.05) is 38.1 Å². The maximum Gasteiger partial charge on any atom is 0.191 e. The van der Waals surface area contributed by atoms with Gasteiger partial charge in [-0.3, -0.25) is 4.99 Å². The molecule has 9 heteroatoms. The van der Waals surface area contributed by atoms with Crippen LogP contribution in [0.15, 0.2) is 29.4 Å². The van der Waals surface area contributed by atoms with Gasteiger partial charge in [-0.25, -0.2) is 13.4 Å². The van der Waals surface area contributed by atoms with Crippen LogP contribution in [0.5, 0.6) is 0 Å². The standard InChI is InChI=1S/C17H31N5O2S.HI/c1-4-18-17(22-15(2)10-14-25(3,23)24)21-13-8-7-12-20-16-9-5-6-11-19-16;/h5-6,9,11,15H,4,7-8,10,12-14H2,1-3H3,(H,19,20)(H2,18,21,22);1H. The van der Waals surface area contributed by atoms with Crippen LogP contribution in [0, 0.1) is 0 Å². The number of hydrogen-bond donors (Lipinski definition) is 3. The second-order valence-corrected chi connectivity index (χ2v) is 8.33. The Morgan fingerprint density at radius 2 is 2.08 bits per heavy atom. The minimum Gasteiger partial charge on any atom is -0.370 e. The number of aliphatic imine (C=N–C) groups is 1. The number of pyridine rings is 1. The summed E-state index contributed by atoms with van der Waals surface area (Å²) in [5.41, 5.74) is 0. The van der Waals surface area contributed by atoms with E-state index in [2.05, 4.69) is 25.9 Å². The monoisotopic (exact) mass is 497 g/mol. The number of hydrogen-bond acceptors (Lipinski definition) is 5. The van der Waals surface area contributed by atoms with Crippen molar-refractivity contribution in [2.24, 2.45) is 4.99 Å². The summed E-state index contributed by atoms with van der Waals surface area (Å²) in [5.74, 6) is 1.81. The van der Waals surface area contributed by atoms with Gasteiger partial charge in [-0.1, -0.05) is 6.07 Å². The van der Waals surface area contributed by atoms with Gasteiger partial charge in [0.05, 0.1) is 5.75 Å². The van der Waals surface area contributed by atoms with Crippen LogP contribution < -0.4 is 16.0 Å². The van der Waals surface area contributed by atoms with E-state index in [1.807, 2.05) is 32.0 Å². The van der Waals surface area contributed by atoms with Crippen molar-refractivity contribution in [1.29, 1.82) is 0 Å². The zero-order chi connectivity index (χ0) is 18.5. The van der Waals surface area contributed by atoms with E-state index in [9.17, 15) is 8.42 Å². The predicted molar refractivity (Wildman–Crippen MR) is 120 cm³/mol. The van der Waals surface area contributed by atoms with Gasteiger partial charge in [-0.2, -0.15) is 0 Å². The highest BCUT2D eigenvalue weighted by Crippen LogP contribution is 2.00. The largest absolute Gasteiger partial charge is 0.370 e. The fourth-order valence-electron chi connectivity index (χ4n) is 2.13. The lowest BCUT2D eigenvalue weighted by atomic mass is 10.2. The smallest absolute Gasteiger partial charge is 0.191 e. The van der Waals surface area contributed by atoms with Gasteiger partial charge in [0.2, 0.25) is 0 Å². The molecule has 0 spiro atoms. The molecule has 0 aliphatic heterocycles. The van der Waals surface area contributed by atoms with Crippen molar-refractivity contribution in [2.75, 3.05) is 37.0 Å². The first kappa shape index (κ1) is 24.9. The molecule has 26 heavy (non-hydrogen) atoms. The Bertz CT molecular complexity index is 611. The van der Waals surface area contributed by atoms with Crippen LogP contribution in [-0.4, -0.2) is 57.0 Å². The van der Waals surface area contributed by atoms with Gasteiger partial charge in [0.1, 0.15) is 15.7 Å². The average molecular weight is 497 g/mol. The van der Waals surface area contributed by atoms with Gasteiger partial charge in [-0.05, 0) is 45.2 Å². The van der Waals surface area contributed by atoms with Crippen molar-refractivity contribution in [3.8, 4) is 0 Å². The molecule has 0 saturated carbocycles. The maximum atomic E-state index is 11.2. The van der Waals surface area contributed by atoms with Gasteiger partial charge >= 0.3 is 0 Å². The number of sulfone groups is 1. The molecule has 1 heterocycles. The molecule has 1 unspecified atom stereocenters. The van der Waals surface area contributed by atoms with Gasteiger partial charge in [0.25, 0.3) is 0 Å². The molecule has 150 valence electrons. The van der Waals surface area contributed by atoms with Crippen LogP contribution in [0.25, 0.3) is 0 Å². The third-order valence-electron chi connectivity index (χ3n) is 3.47. The predicted octanol–water partition coefficient (Wildman–Crippen LogP) is 2.27. The molecule has 0 bridgehead atoms. The molecule has 0 aliphatic rings. The van der Waals surface area contributed by atoms with E-state index in [1.54, 1.807) is 6.20 Å². The lowest BCUT2D eigenvalue weighted by Crippen LogP contribution is -2.42. The topological polar surface area (TPSA) is 95.5 Å². The van der Waals surface area contributed by atoms with Crippen LogP contribution in [-0.2, 0) is 9.84 Å². The molecule has 0 saturated heterocycles. The van der Waals surface area contributed by atoms with E-state index in [4.69, 9.17) is 0 Å². The fourth-order valence-corrected chi connectivity index (χ4v) is 2.91. The van der Waals surface area contributed by atoms with E-state index in [1.165, 1.54) is 6.26 Å². The molecule has 1 aromatic rings. The molecule has 0 radical (unpaired) electrons. The average Bonchev–Trinajstić information content (AvgIpc) is 2.56. The summed E-state index contributed by atoms with van der Waals surface area (Å²) in [4.78, 5) is 8.76. The Morgan fingerprint density at radius 1 is 1.31 bits per heavy atom. The lowest BCUT2D eigenvalue weighted by Gasteiger charge is -2.17. The summed E-state index contributed by atoms with van der Waals surface area (Å²) in [5, 5.41) is 9.72. The van der Waals surface area contributed by atoms with Crippen LogP contribution in [0.2, 0.25) is 0 Å². The Labute approximate surface area is 174 Å². The van der Waals surface area contributed by atoms with Gasteiger partial charge in [0.15, 0.2) is 5.96 Å². The molecular formula is C17H32IN5O2S. The highest BCUT2D eigenvalue weighted by atomic mass is 127. The molecule has 0 fully saturated rings. The number of nitrogens with one attached hydrogen (secondary N) is 3. The Morgan fingerprint density at radius 3 is 2.69 bits per heavy atom. The Kier molecular flexibility index (Phi) is 13.4. The first-order valence-electron chi connectivity index (χ1n) is 8.78. The van der Waals surface area contributed by atoms with Crippen LogP contribution in [0.4, 0.5) is 5.82 Å². The highest BCUT2D eigenvalue weighted by molar-refractivity contribution is 14.0. The molecule has 7 nitrogen and oxygen atoms in total. The summed E-state index contributed by atoms with van der Waals surface area (Å²) >= 11 is 0. The van der Waals surface area contributed by atoms with Crippen LogP contribution in [0.3, 0.4) is 0 Å². The maximum absolute atomic E-state index is 11.2. The summed E-state index contributed by atoms with van der Waals surface area (Å²) in [7, 11) is -2.93. The number of unbranched alkanes of at least 4 members (excludes halogenated alkanes) is 1. The zero-order valence-electron chi connectivity index (χ0n) is 15.9. The summed E-state index contributed by atoms with van der Waals surface area (Å²) in [6, 6.07) is 5.85. The summed E-state index contributed by atoms with van der Waals surface area (Å²) in [6.45, 7) is 6.33. The molecule has 0 aromatic carbocycles. The minimum absolute atomic E-state index is 0. The molecule has 0 amide bonds.